The molecule has 12 heavy (non-hydrogen) atoms. The first kappa shape index (κ1) is 11.7. The summed E-state index contributed by atoms with van der Waals surface area (Å²) < 4.78 is 4.44. The first-order valence-corrected chi connectivity index (χ1v) is 4.27. The van der Waals surface area contributed by atoms with Crippen LogP contribution in [0.25, 0.3) is 0 Å². The summed E-state index contributed by atoms with van der Waals surface area (Å²) in [6.07, 6.45) is 6.78. The minimum absolute atomic E-state index is 0. The number of rotatable bonds is 3. The van der Waals surface area contributed by atoms with Crippen molar-refractivity contribution in [2.24, 2.45) is 7.05 Å². The summed E-state index contributed by atoms with van der Waals surface area (Å²) in [4.78, 5) is 0. The van der Waals surface area contributed by atoms with Gasteiger partial charge in [0.1, 0.15) is 12.4 Å². The number of halogens is 1. The second-order valence-electron chi connectivity index (χ2n) is 3.00. The fraction of sp³-hybridized carbons (Fsp3) is 0.667. The van der Waals surface area contributed by atoms with E-state index in [2.05, 4.69) is 42.4 Å². The van der Waals surface area contributed by atoms with Crippen LogP contribution in [-0.2, 0) is 13.6 Å². The maximum atomic E-state index is 2.30. The number of hydrogen-bond donors (Lipinski definition) is 0. The quantitative estimate of drug-likeness (QED) is 0.557. The van der Waals surface area contributed by atoms with E-state index in [0.29, 0.717) is 0 Å². The highest BCUT2D eigenvalue weighted by Gasteiger charge is 2.06. The molecule has 0 aliphatic rings. The molecule has 0 atom stereocenters. The van der Waals surface area contributed by atoms with Crippen LogP contribution in [0.2, 0.25) is 0 Å². The fourth-order valence-corrected chi connectivity index (χ4v) is 1.16. The lowest BCUT2D eigenvalue weighted by atomic mass is 10.3. The molecule has 3 heteroatoms. The van der Waals surface area contributed by atoms with Gasteiger partial charge in [-0.25, -0.2) is 9.13 Å². The van der Waals surface area contributed by atoms with Gasteiger partial charge in [-0.05, 0) is 6.42 Å². The summed E-state index contributed by atoms with van der Waals surface area (Å²) in [6.45, 7) is 5.53. The van der Waals surface area contributed by atoms with Crippen molar-refractivity contribution in [1.82, 2.24) is 4.57 Å². The average molecular weight is 233 g/mol. The molecule has 0 fully saturated rings. The Morgan fingerprint density at radius 3 is 2.58 bits per heavy atom. The van der Waals surface area contributed by atoms with E-state index in [1.54, 1.807) is 0 Å². The van der Waals surface area contributed by atoms with Gasteiger partial charge in [-0.2, -0.15) is 0 Å². The second kappa shape index (κ2) is 5.36. The largest absolute Gasteiger partial charge is 1.00 e. The lowest BCUT2D eigenvalue weighted by molar-refractivity contribution is -0.702. The second-order valence-corrected chi connectivity index (χ2v) is 3.00. The normalized spacial score (nSPS) is 9.58. The zero-order valence-corrected chi connectivity index (χ0v) is 9.63. The lowest BCUT2D eigenvalue weighted by Gasteiger charge is -1.95. The predicted molar refractivity (Wildman–Crippen MR) is 45.3 cm³/mol. The molecule has 0 unspecified atom stereocenters. The molecule has 0 saturated carbocycles. The molecule has 70 valence electrons. The van der Waals surface area contributed by atoms with Crippen molar-refractivity contribution in [3.8, 4) is 0 Å². The SMILES string of the molecule is CCCC[n+]1ccn(C)c1C.[Br-]. The van der Waals surface area contributed by atoms with Crippen LogP contribution >= 0.6 is 0 Å². The van der Waals surface area contributed by atoms with Crippen molar-refractivity contribution in [3.63, 3.8) is 0 Å². The van der Waals surface area contributed by atoms with Crippen LogP contribution in [0.3, 0.4) is 0 Å². The van der Waals surface area contributed by atoms with Crippen LogP contribution in [0, 0.1) is 6.92 Å². The number of aryl methyl sites for hydroxylation is 2. The molecular formula is C9H17BrN2. The first-order chi connectivity index (χ1) is 5.25. The van der Waals surface area contributed by atoms with Gasteiger partial charge in [0.15, 0.2) is 0 Å². The molecule has 0 aliphatic carbocycles. The van der Waals surface area contributed by atoms with E-state index in [9.17, 15) is 0 Å². The van der Waals surface area contributed by atoms with Gasteiger partial charge in [0.05, 0.1) is 13.6 Å². The van der Waals surface area contributed by atoms with Crippen molar-refractivity contribution >= 4 is 0 Å². The number of unbranched alkanes of at least 4 members (excludes halogenated alkanes) is 1. The lowest BCUT2D eigenvalue weighted by Crippen LogP contribution is -3.00. The molecule has 0 bridgehead atoms. The zero-order chi connectivity index (χ0) is 8.27. The highest BCUT2D eigenvalue weighted by atomic mass is 79.9. The molecule has 1 rings (SSSR count). The number of nitrogens with zero attached hydrogens (tertiary/aromatic N) is 2. The fourth-order valence-electron chi connectivity index (χ4n) is 1.16. The Morgan fingerprint density at radius 2 is 2.17 bits per heavy atom. The monoisotopic (exact) mass is 232 g/mol. The maximum absolute atomic E-state index is 2.30. The van der Waals surface area contributed by atoms with Crippen LogP contribution in [0.4, 0.5) is 0 Å². The minimum Gasteiger partial charge on any atom is -1.00 e. The Bertz CT molecular complexity index is 230. The minimum atomic E-state index is 0. The molecule has 0 spiro atoms. The van der Waals surface area contributed by atoms with Gasteiger partial charge in [0, 0.05) is 6.92 Å². The number of hydrogen-bond acceptors (Lipinski definition) is 0. The van der Waals surface area contributed by atoms with Crippen LogP contribution in [0.1, 0.15) is 25.6 Å². The van der Waals surface area contributed by atoms with Crippen molar-refractivity contribution in [2.45, 2.75) is 33.2 Å². The van der Waals surface area contributed by atoms with Crippen LogP contribution in [0.15, 0.2) is 12.4 Å². The highest BCUT2D eigenvalue weighted by molar-refractivity contribution is 4.76. The molecular weight excluding hydrogens is 216 g/mol. The van der Waals surface area contributed by atoms with E-state index >= 15 is 0 Å². The Morgan fingerprint density at radius 1 is 1.50 bits per heavy atom. The third-order valence-electron chi connectivity index (χ3n) is 2.15. The summed E-state index contributed by atoms with van der Waals surface area (Å²) in [7, 11) is 2.08. The van der Waals surface area contributed by atoms with Crippen molar-refractivity contribution in [1.29, 1.82) is 0 Å². The van der Waals surface area contributed by atoms with Gasteiger partial charge in [-0.15, -0.1) is 0 Å². The topological polar surface area (TPSA) is 8.81 Å². The molecule has 0 amide bonds. The summed E-state index contributed by atoms with van der Waals surface area (Å²) in [6, 6.07) is 0. The van der Waals surface area contributed by atoms with Crippen LogP contribution < -0.4 is 21.5 Å². The van der Waals surface area contributed by atoms with Gasteiger partial charge in [-0.3, -0.25) is 0 Å². The summed E-state index contributed by atoms with van der Waals surface area (Å²) >= 11 is 0. The third-order valence-corrected chi connectivity index (χ3v) is 2.15. The Balaban J connectivity index is 0.00000121. The molecule has 1 aromatic heterocycles. The third kappa shape index (κ3) is 2.63. The Kier molecular flexibility index (Phi) is 5.22. The summed E-state index contributed by atoms with van der Waals surface area (Å²) in [5.41, 5.74) is 0. The van der Waals surface area contributed by atoms with Gasteiger partial charge in [-0.1, -0.05) is 13.3 Å². The van der Waals surface area contributed by atoms with Gasteiger partial charge in [0.2, 0.25) is 0 Å². The van der Waals surface area contributed by atoms with Crippen molar-refractivity contribution in [3.05, 3.63) is 18.2 Å². The van der Waals surface area contributed by atoms with Crippen molar-refractivity contribution < 1.29 is 21.5 Å². The van der Waals surface area contributed by atoms with Gasteiger partial charge in [0.25, 0.3) is 5.82 Å². The summed E-state index contributed by atoms with van der Waals surface area (Å²) in [5.74, 6) is 1.33. The smallest absolute Gasteiger partial charge is 0.253 e. The van der Waals surface area contributed by atoms with E-state index in [-0.39, 0.29) is 17.0 Å². The molecule has 0 saturated heterocycles. The van der Waals surface area contributed by atoms with E-state index in [4.69, 9.17) is 0 Å². The molecule has 0 aromatic carbocycles. The van der Waals surface area contributed by atoms with Gasteiger partial charge >= 0.3 is 0 Å². The van der Waals surface area contributed by atoms with E-state index in [1.165, 1.54) is 18.7 Å². The highest BCUT2D eigenvalue weighted by Crippen LogP contribution is 1.91. The van der Waals surface area contributed by atoms with Crippen LogP contribution in [0.5, 0.6) is 0 Å². The van der Waals surface area contributed by atoms with E-state index < -0.39 is 0 Å². The molecule has 2 nitrogen and oxygen atoms in total. The Hall–Kier alpha value is -0.310. The van der Waals surface area contributed by atoms with E-state index in [0.717, 1.165) is 6.54 Å². The Labute approximate surface area is 85.0 Å². The summed E-state index contributed by atoms with van der Waals surface area (Å²) in [5, 5.41) is 0. The van der Waals surface area contributed by atoms with Crippen molar-refractivity contribution in [2.75, 3.05) is 0 Å². The number of aromatic nitrogens is 2. The predicted octanol–water partition coefficient (Wildman–Crippen LogP) is -1.57. The number of imidazole rings is 1. The molecule has 0 radical (unpaired) electrons. The standard InChI is InChI=1S/C9H17N2.BrH/c1-4-5-6-11-8-7-10(3)9(11)2;/h7-8H,4-6H2,1-3H3;1H/q+1;/p-1. The van der Waals surface area contributed by atoms with E-state index in [1.807, 2.05) is 0 Å². The molecule has 0 aliphatic heterocycles. The van der Waals surface area contributed by atoms with Gasteiger partial charge < -0.3 is 17.0 Å². The van der Waals surface area contributed by atoms with Crippen LogP contribution in [-0.4, -0.2) is 4.57 Å². The molecule has 1 heterocycles. The molecule has 1 aromatic rings. The average Bonchev–Trinajstić information content (AvgIpc) is 2.31. The molecule has 0 N–H and O–H groups in total. The first-order valence-electron chi connectivity index (χ1n) is 4.27. The maximum Gasteiger partial charge on any atom is 0.253 e. The zero-order valence-electron chi connectivity index (χ0n) is 8.05.